The van der Waals surface area contributed by atoms with Crippen LogP contribution in [0.2, 0.25) is 0 Å². The molecule has 0 amide bonds. The van der Waals surface area contributed by atoms with Crippen molar-refractivity contribution < 1.29 is 8.78 Å². The van der Waals surface area contributed by atoms with Crippen LogP contribution in [-0.4, -0.2) is 12.8 Å². The van der Waals surface area contributed by atoms with Crippen molar-refractivity contribution >= 4 is 0 Å². The van der Waals surface area contributed by atoms with E-state index < -0.39 is 6.17 Å². The molecule has 3 saturated carbocycles. The molecule has 164 valence electrons. The summed E-state index contributed by atoms with van der Waals surface area (Å²) >= 11 is 0. The highest BCUT2D eigenvalue weighted by Crippen LogP contribution is 2.47. The lowest BCUT2D eigenvalue weighted by Gasteiger charge is -2.42. The smallest absolute Gasteiger partial charge is 0.0976 e. The Morgan fingerprint density at radius 1 is 0.714 bits per heavy atom. The lowest BCUT2D eigenvalue weighted by atomic mass is 9.64. The number of rotatable bonds is 8. The zero-order valence-electron chi connectivity index (χ0n) is 18.7. The lowest BCUT2D eigenvalue weighted by Crippen LogP contribution is -2.31. The Kier molecular flexibility index (Phi) is 9.10. The van der Waals surface area contributed by atoms with E-state index >= 15 is 0 Å². The molecule has 2 unspecified atom stereocenters. The molecule has 0 bridgehead atoms. The van der Waals surface area contributed by atoms with Crippen molar-refractivity contribution in [1.82, 2.24) is 0 Å². The van der Waals surface area contributed by atoms with Gasteiger partial charge in [0.15, 0.2) is 0 Å². The molecule has 0 heterocycles. The number of hydrogen-bond donors (Lipinski definition) is 0. The van der Waals surface area contributed by atoms with Gasteiger partial charge in [-0.15, -0.1) is 0 Å². The molecule has 0 radical (unpaired) electrons. The number of halogens is 2. The van der Waals surface area contributed by atoms with Gasteiger partial charge in [0, 0.05) is 0 Å². The fraction of sp³-hybridized carbons (Fsp3) is 1.00. The maximum Gasteiger partial charge on any atom is 0.0976 e. The van der Waals surface area contributed by atoms with Crippen LogP contribution in [0.5, 0.6) is 0 Å². The quantitative estimate of drug-likeness (QED) is 0.385. The van der Waals surface area contributed by atoms with Gasteiger partial charge in [0.05, 0.1) is 12.8 Å². The third-order valence-electron chi connectivity index (χ3n) is 9.03. The van der Waals surface area contributed by atoms with Gasteiger partial charge in [0.25, 0.3) is 0 Å². The molecule has 0 N–H and O–H groups in total. The Balaban J connectivity index is 1.40. The van der Waals surface area contributed by atoms with E-state index in [0.29, 0.717) is 24.7 Å². The van der Waals surface area contributed by atoms with Gasteiger partial charge in [0.1, 0.15) is 0 Å². The second kappa shape index (κ2) is 11.3. The van der Waals surface area contributed by atoms with Crippen molar-refractivity contribution in [2.75, 3.05) is 6.67 Å². The Morgan fingerprint density at radius 2 is 1.14 bits per heavy atom. The first kappa shape index (κ1) is 22.5. The molecule has 0 aliphatic heterocycles. The van der Waals surface area contributed by atoms with Gasteiger partial charge in [-0.3, -0.25) is 4.39 Å². The molecule has 3 fully saturated rings. The van der Waals surface area contributed by atoms with Gasteiger partial charge >= 0.3 is 0 Å². The molecule has 0 nitrogen and oxygen atoms in total. The summed E-state index contributed by atoms with van der Waals surface area (Å²) in [6.07, 6.45) is 18.5. The minimum absolute atomic E-state index is 0.240. The zero-order valence-corrected chi connectivity index (χ0v) is 18.7. The number of alkyl halides is 2. The van der Waals surface area contributed by atoms with E-state index in [2.05, 4.69) is 6.92 Å². The first-order chi connectivity index (χ1) is 13.6. The maximum atomic E-state index is 13.6. The molecule has 3 rings (SSSR count). The summed E-state index contributed by atoms with van der Waals surface area (Å²) in [5.74, 6) is 5.99. The predicted molar refractivity (Wildman–Crippen MR) is 116 cm³/mol. The van der Waals surface area contributed by atoms with Crippen molar-refractivity contribution in [2.24, 2.45) is 41.4 Å². The first-order valence-corrected chi connectivity index (χ1v) is 12.8. The van der Waals surface area contributed by atoms with Crippen LogP contribution in [0.15, 0.2) is 0 Å². The van der Waals surface area contributed by atoms with Crippen molar-refractivity contribution in [1.29, 1.82) is 0 Å². The summed E-state index contributed by atoms with van der Waals surface area (Å²) < 4.78 is 26.3. The lowest BCUT2D eigenvalue weighted by molar-refractivity contribution is 0.0892. The normalized spacial score (nSPS) is 39.4. The highest BCUT2D eigenvalue weighted by atomic mass is 19.1. The second-order valence-electron chi connectivity index (χ2n) is 11.0. The molecule has 2 atom stereocenters. The van der Waals surface area contributed by atoms with Crippen LogP contribution in [0.3, 0.4) is 0 Å². The molecule has 28 heavy (non-hydrogen) atoms. The standard InChI is InChI=1S/C26H46F2/c1-19-5-7-21(8-6-19)22-9-11-23(12-10-22)24-13-15-25(16-14-24)26(4-3-17-27)18-20(2)28/h19-26H,3-18H2,1-2H3. The minimum atomic E-state index is -0.736. The fourth-order valence-electron chi connectivity index (χ4n) is 7.24. The third kappa shape index (κ3) is 6.43. The van der Waals surface area contributed by atoms with Crippen molar-refractivity contribution in [3.8, 4) is 0 Å². The molecule has 2 heteroatoms. The molecule has 3 aliphatic carbocycles. The van der Waals surface area contributed by atoms with E-state index in [1.54, 1.807) is 6.92 Å². The van der Waals surface area contributed by atoms with E-state index in [1.807, 2.05) is 0 Å². The molecular weight excluding hydrogens is 350 g/mol. The van der Waals surface area contributed by atoms with Gasteiger partial charge in [-0.05, 0) is 132 Å². The highest BCUT2D eigenvalue weighted by Gasteiger charge is 2.35. The summed E-state index contributed by atoms with van der Waals surface area (Å²) in [5, 5.41) is 0. The van der Waals surface area contributed by atoms with Crippen LogP contribution in [0.25, 0.3) is 0 Å². The molecule has 3 aliphatic rings. The summed E-state index contributed by atoms with van der Waals surface area (Å²) in [5.41, 5.74) is 0. The van der Waals surface area contributed by atoms with Gasteiger partial charge in [-0.25, -0.2) is 4.39 Å². The average molecular weight is 397 g/mol. The third-order valence-corrected chi connectivity index (χ3v) is 9.03. The molecule has 0 aromatic carbocycles. The Hall–Kier alpha value is -0.140. The van der Waals surface area contributed by atoms with Crippen LogP contribution < -0.4 is 0 Å². The maximum absolute atomic E-state index is 13.6. The second-order valence-corrected chi connectivity index (χ2v) is 11.0. The van der Waals surface area contributed by atoms with Crippen molar-refractivity contribution in [3.63, 3.8) is 0 Å². The number of hydrogen-bond acceptors (Lipinski definition) is 0. The van der Waals surface area contributed by atoms with Gasteiger partial charge in [-0.2, -0.15) is 0 Å². The van der Waals surface area contributed by atoms with E-state index in [-0.39, 0.29) is 6.67 Å². The summed E-state index contributed by atoms with van der Waals surface area (Å²) in [6.45, 7) is 3.87. The Bertz CT molecular complexity index is 410. The summed E-state index contributed by atoms with van der Waals surface area (Å²) in [7, 11) is 0. The first-order valence-electron chi connectivity index (χ1n) is 12.8. The largest absolute Gasteiger partial charge is 0.251 e. The Labute approximate surface area is 173 Å². The van der Waals surface area contributed by atoms with Crippen LogP contribution in [0, 0.1) is 41.4 Å². The monoisotopic (exact) mass is 396 g/mol. The van der Waals surface area contributed by atoms with Crippen LogP contribution in [0.4, 0.5) is 8.78 Å². The van der Waals surface area contributed by atoms with Gasteiger partial charge < -0.3 is 0 Å². The van der Waals surface area contributed by atoms with Crippen LogP contribution in [-0.2, 0) is 0 Å². The topological polar surface area (TPSA) is 0 Å². The summed E-state index contributed by atoms with van der Waals surface area (Å²) in [4.78, 5) is 0. The van der Waals surface area contributed by atoms with Crippen LogP contribution >= 0.6 is 0 Å². The minimum Gasteiger partial charge on any atom is -0.251 e. The predicted octanol–water partition coefficient (Wildman–Crippen LogP) is 8.54. The van der Waals surface area contributed by atoms with E-state index in [9.17, 15) is 8.78 Å². The van der Waals surface area contributed by atoms with Crippen molar-refractivity contribution in [2.45, 2.75) is 116 Å². The molecule has 0 aromatic heterocycles. The molecular formula is C26H46F2. The Morgan fingerprint density at radius 3 is 1.57 bits per heavy atom. The van der Waals surface area contributed by atoms with E-state index in [0.717, 1.165) is 36.0 Å². The average Bonchev–Trinajstić information content (AvgIpc) is 2.72. The van der Waals surface area contributed by atoms with Gasteiger partial charge in [0.2, 0.25) is 0 Å². The van der Waals surface area contributed by atoms with E-state index in [4.69, 9.17) is 0 Å². The highest BCUT2D eigenvalue weighted by molar-refractivity contribution is 4.86. The van der Waals surface area contributed by atoms with E-state index in [1.165, 1.54) is 77.0 Å². The van der Waals surface area contributed by atoms with Crippen molar-refractivity contribution in [3.05, 3.63) is 0 Å². The fourth-order valence-corrected chi connectivity index (χ4v) is 7.24. The van der Waals surface area contributed by atoms with Crippen LogP contribution in [0.1, 0.15) is 110 Å². The summed E-state index contributed by atoms with van der Waals surface area (Å²) in [6, 6.07) is 0. The molecule has 0 spiro atoms. The zero-order chi connectivity index (χ0) is 19.9. The molecule has 0 aromatic rings. The SMILES string of the molecule is CC(F)CC(CCCF)C1CCC(C2CCC(C3CCC(C)CC3)CC2)CC1. The molecule has 0 saturated heterocycles. The van der Waals surface area contributed by atoms with Gasteiger partial charge in [-0.1, -0.05) is 19.8 Å².